The molecule has 82 heavy (non-hydrogen) atoms. The van der Waals surface area contributed by atoms with Gasteiger partial charge >= 0.3 is 0 Å². The second kappa shape index (κ2) is 17.1. The highest BCUT2D eigenvalue weighted by Crippen LogP contribution is 2.58. The summed E-state index contributed by atoms with van der Waals surface area (Å²) >= 11 is 0. The Labute approximate surface area is 482 Å². The third kappa shape index (κ3) is 6.70. The normalized spacial score (nSPS) is 15.9. The van der Waals surface area contributed by atoms with Gasteiger partial charge < -0.3 is 9.80 Å². The smallest absolute Gasteiger partial charge is 0.0502 e. The summed E-state index contributed by atoms with van der Waals surface area (Å²) in [7, 11) is 0. The van der Waals surface area contributed by atoms with Crippen molar-refractivity contribution in [3.8, 4) is 55.6 Å². The van der Waals surface area contributed by atoms with Crippen molar-refractivity contribution in [1.82, 2.24) is 0 Å². The summed E-state index contributed by atoms with van der Waals surface area (Å²) in [5.74, 6) is 0. The number of rotatable bonds is 5. The van der Waals surface area contributed by atoms with Crippen LogP contribution in [0.2, 0.25) is 0 Å². The fourth-order valence-electron chi connectivity index (χ4n) is 15.6. The Hall–Kier alpha value is -9.24. The number of benzene rings is 12. The van der Waals surface area contributed by atoms with Crippen LogP contribution in [0.4, 0.5) is 34.1 Å². The predicted octanol–water partition coefficient (Wildman–Crippen LogP) is 21.8. The van der Waals surface area contributed by atoms with Crippen molar-refractivity contribution in [3.05, 3.63) is 287 Å². The average molecular weight is 1050 g/mol. The van der Waals surface area contributed by atoms with Crippen molar-refractivity contribution in [1.29, 1.82) is 0 Å². The summed E-state index contributed by atoms with van der Waals surface area (Å²) in [6, 6.07) is 92.7. The molecule has 0 bridgehead atoms. The monoisotopic (exact) mass is 1050 g/mol. The molecule has 0 unspecified atom stereocenters. The molecule has 2 aliphatic carbocycles. The van der Waals surface area contributed by atoms with Crippen LogP contribution in [0.25, 0.3) is 77.2 Å². The van der Waals surface area contributed by atoms with Gasteiger partial charge in [0.25, 0.3) is 0 Å². The molecule has 394 valence electrons. The molecular formula is C80H64N2. The lowest BCUT2D eigenvalue weighted by molar-refractivity contribution is 0.632. The van der Waals surface area contributed by atoms with Crippen molar-refractivity contribution >= 4 is 55.7 Å². The standard InChI is InChI=1S/C80H64N2/c1-77(2)64-24-12-10-22-56(64)60-45-51(38-44-65(60)77)49-33-35-50(36-34-49)75-58-42-39-54(82-73-31-19-15-27-68(73)80(7,8)69-28-16-20-32-74(69)82)48-62(58)76(52-37-41-57-55-21-9-11-23-63(55)78(3,4)70(57)46-52)59-43-40-53(47-61(59)75)81-71-29-17-13-25-66(71)79(5,6)67-26-14-18-30-72(67)81/h9-48H,1-8H3. The minimum absolute atomic E-state index is 0.0474. The fourth-order valence-corrected chi connectivity index (χ4v) is 15.6. The molecule has 2 aliphatic heterocycles. The Bertz CT molecular complexity index is 4600. The van der Waals surface area contributed by atoms with E-state index in [2.05, 4.69) is 308 Å². The van der Waals surface area contributed by atoms with Crippen LogP contribution in [-0.4, -0.2) is 0 Å². The highest BCUT2D eigenvalue weighted by Gasteiger charge is 2.40. The number of hydrogen-bond acceptors (Lipinski definition) is 2. The third-order valence-electron chi connectivity index (χ3n) is 19.8. The van der Waals surface area contributed by atoms with Crippen molar-refractivity contribution in [3.63, 3.8) is 0 Å². The van der Waals surface area contributed by atoms with Gasteiger partial charge in [0.15, 0.2) is 0 Å². The van der Waals surface area contributed by atoms with Crippen molar-refractivity contribution in [2.45, 2.75) is 77.0 Å². The molecule has 0 saturated heterocycles. The summed E-state index contributed by atoms with van der Waals surface area (Å²) < 4.78 is 0. The number of para-hydroxylation sites is 4. The van der Waals surface area contributed by atoms with Gasteiger partial charge in [-0.1, -0.05) is 237 Å². The summed E-state index contributed by atoms with van der Waals surface area (Å²) in [5.41, 5.74) is 30.0. The van der Waals surface area contributed by atoms with E-state index in [0.717, 1.165) is 11.4 Å². The molecule has 0 fully saturated rings. The number of hydrogen-bond donors (Lipinski definition) is 0. The molecular weight excluding hydrogens is 989 g/mol. The molecule has 2 heteroatoms. The highest BCUT2D eigenvalue weighted by atomic mass is 15.2. The van der Waals surface area contributed by atoms with Gasteiger partial charge in [-0.25, -0.2) is 0 Å². The zero-order valence-electron chi connectivity index (χ0n) is 48.0. The first kappa shape index (κ1) is 48.6. The van der Waals surface area contributed by atoms with E-state index in [4.69, 9.17) is 0 Å². The van der Waals surface area contributed by atoms with Gasteiger partial charge in [-0.3, -0.25) is 0 Å². The maximum absolute atomic E-state index is 2.53. The van der Waals surface area contributed by atoms with Gasteiger partial charge in [-0.15, -0.1) is 0 Å². The van der Waals surface area contributed by atoms with Gasteiger partial charge in [0.2, 0.25) is 0 Å². The molecule has 12 aromatic rings. The number of nitrogens with zero attached hydrogens (tertiary/aromatic N) is 2. The Morgan fingerprint density at radius 1 is 0.220 bits per heavy atom. The van der Waals surface area contributed by atoms with Gasteiger partial charge in [0.05, 0.1) is 22.7 Å². The molecule has 0 N–H and O–H groups in total. The molecule has 0 radical (unpaired) electrons. The second-order valence-electron chi connectivity index (χ2n) is 25.6. The van der Waals surface area contributed by atoms with Crippen molar-refractivity contribution in [2.75, 3.05) is 9.80 Å². The van der Waals surface area contributed by atoms with E-state index >= 15 is 0 Å². The lowest BCUT2D eigenvalue weighted by Crippen LogP contribution is -2.30. The first-order chi connectivity index (χ1) is 39.7. The lowest BCUT2D eigenvalue weighted by Gasteiger charge is -2.42. The average Bonchev–Trinajstić information content (AvgIpc) is 1.72. The molecule has 4 aliphatic rings. The van der Waals surface area contributed by atoms with E-state index in [-0.39, 0.29) is 21.7 Å². The van der Waals surface area contributed by atoms with Crippen molar-refractivity contribution in [2.24, 2.45) is 0 Å². The lowest BCUT2D eigenvalue weighted by atomic mass is 9.73. The van der Waals surface area contributed by atoms with Crippen LogP contribution in [0.1, 0.15) is 99.9 Å². The molecule has 2 heterocycles. The SMILES string of the molecule is CC1(C)c2ccccc2-c2cc(-c3ccc(-c4c5ccc(N6c7ccccc7C(C)(C)c7ccccc76)cc5c(-c5ccc6c(c5)C(C)(C)c5ccccc5-6)c5ccc(N6c7ccccc7C(C)(C)c7ccccc76)cc45)cc3)ccc21. The summed E-state index contributed by atoms with van der Waals surface area (Å²) in [4.78, 5) is 5.04. The number of fused-ring (bicyclic) bond motifs is 12. The molecule has 12 aromatic carbocycles. The van der Waals surface area contributed by atoms with Gasteiger partial charge in [0, 0.05) is 33.0 Å². The predicted molar refractivity (Wildman–Crippen MR) is 347 cm³/mol. The van der Waals surface area contributed by atoms with E-state index in [1.165, 1.54) is 144 Å². The van der Waals surface area contributed by atoms with Gasteiger partial charge in [-0.2, -0.15) is 0 Å². The Morgan fingerprint density at radius 3 is 1.05 bits per heavy atom. The first-order valence-corrected chi connectivity index (χ1v) is 29.3. The topological polar surface area (TPSA) is 6.48 Å². The zero-order valence-corrected chi connectivity index (χ0v) is 48.0. The zero-order chi connectivity index (χ0) is 55.6. The summed E-state index contributed by atoms with van der Waals surface area (Å²) in [6.07, 6.45) is 0. The van der Waals surface area contributed by atoms with Crippen LogP contribution >= 0.6 is 0 Å². The quantitative estimate of drug-likeness (QED) is 0.159. The number of anilines is 6. The van der Waals surface area contributed by atoms with E-state index in [1.54, 1.807) is 0 Å². The van der Waals surface area contributed by atoms with E-state index in [1.807, 2.05) is 0 Å². The van der Waals surface area contributed by atoms with Crippen LogP contribution in [0, 0.1) is 0 Å². The largest absolute Gasteiger partial charge is 0.310 e. The van der Waals surface area contributed by atoms with E-state index < -0.39 is 0 Å². The van der Waals surface area contributed by atoms with Crippen molar-refractivity contribution < 1.29 is 0 Å². The van der Waals surface area contributed by atoms with Crippen LogP contribution in [-0.2, 0) is 21.7 Å². The third-order valence-corrected chi connectivity index (χ3v) is 19.8. The molecule has 16 rings (SSSR count). The molecule has 0 amide bonds. The highest BCUT2D eigenvalue weighted by molar-refractivity contribution is 6.23. The summed E-state index contributed by atoms with van der Waals surface area (Å²) in [6.45, 7) is 19.0. The van der Waals surface area contributed by atoms with Gasteiger partial charge in [-0.05, 0) is 182 Å². The first-order valence-electron chi connectivity index (χ1n) is 29.3. The van der Waals surface area contributed by atoms with E-state index in [0.29, 0.717) is 0 Å². The van der Waals surface area contributed by atoms with Crippen LogP contribution < -0.4 is 9.80 Å². The van der Waals surface area contributed by atoms with Crippen LogP contribution in [0.15, 0.2) is 243 Å². The fraction of sp³-hybridized carbons (Fsp3) is 0.150. The Morgan fingerprint density at radius 2 is 0.561 bits per heavy atom. The van der Waals surface area contributed by atoms with Crippen LogP contribution in [0.3, 0.4) is 0 Å². The minimum Gasteiger partial charge on any atom is -0.310 e. The van der Waals surface area contributed by atoms with Crippen LogP contribution in [0.5, 0.6) is 0 Å². The Balaban J connectivity index is 0.977. The summed E-state index contributed by atoms with van der Waals surface area (Å²) in [5, 5.41) is 4.88. The maximum atomic E-state index is 2.53. The molecule has 0 atom stereocenters. The molecule has 0 saturated carbocycles. The molecule has 0 spiro atoms. The van der Waals surface area contributed by atoms with Gasteiger partial charge in [0.1, 0.15) is 0 Å². The molecule has 0 aromatic heterocycles. The maximum Gasteiger partial charge on any atom is 0.0502 e. The van der Waals surface area contributed by atoms with E-state index in [9.17, 15) is 0 Å². The minimum atomic E-state index is -0.181. The Kier molecular flexibility index (Phi) is 10.2. The second-order valence-corrected chi connectivity index (χ2v) is 25.6. The molecule has 2 nitrogen and oxygen atoms in total.